The highest BCUT2D eigenvalue weighted by molar-refractivity contribution is 6.48. The second kappa shape index (κ2) is 7.28. The number of esters is 1. The van der Waals surface area contributed by atoms with Crippen LogP contribution in [-0.2, 0) is 14.3 Å². The van der Waals surface area contributed by atoms with E-state index in [-0.39, 0.29) is 27.3 Å². The van der Waals surface area contributed by atoms with Gasteiger partial charge in [-0.3, -0.25) is 9.59 Å². The zero-order valence-corrected chi connectivity index (χ0v) is 12.1. The summed E-state index contributed by atoms with van der Waals surface area (Å²) in [4.78, 5) is 36.9. The van der Waals surface area contributed by atoms with Crippen LogP contribution in [0.15, 0.2) is 6.20 Å². The van der Waals surface area contributed by atoms with Gasteiger partial charge >= 0.3 is 5.97 Å². The van der Waals surface area contributed by atoms with Crippen molar-refractivity contribution >= 4 is 52.6 Å². The molecule has 2 amide bonds. The fourth-order valence-electron chi connectivity index (χ4n) is 1.02. The maximum atomic E-state index is 11.6. The predicted octanol–water partition coefficient (Wildman–Crippen LogP) is 0.800. The number of nitrogens with two attached hydrogens (primary N) is 1. The van der Waals surface area contributed by atoms with Crippen LogP contribution in [0.5, 0.6) is 0 Å². The van der Waals surface area contributed by atoms with Gasteiger partial charge in [0.1, 0.15) is 0 Å². The van der Waals surface area contributed by atoms with E-state index in [2.05, 4.69) is 15.0 Å². The van der Waals surface area contributed by atoms with E-state index in [1.165, 1.54) is 0 Å². The summed E-state index contributed by atoms with van der Waals surface area (Å²) in [7, 11) is 0. The Hall–Kier alpha value is -1.57. The lowest BCUT2D eigenvalue weighted by Gasteiger charge is -2.07. The molecule has 0 spiro atoms. The maximum Gasteiger partial charge on any atom is 0.359 e. The van der Waals surface area contributed by atoms with Crippen LogP contribution >= 0.6 is 34.8 Å². The Kier molecular flexibility index (Phi) is 6.00. The van der Waals surface area contributed by atoms with E-state index >= 15 is 0 Å². The molecule has 1 aromatic heterocycles. The first-order valence-corrected chi connectivity index (χ1v) is 6.18. The molecule has 1 aromatic rings. The van der Waals surface area contributed by atoms with Crippen molar-refractivity contribution in [3.8, 4) is 0 Å². The molecule has 0 aliphatic carbocycles. The molecule has 0 radical (unpaired) electrons. The van der Waals surface area contributed by atoms with E-state index in [4.69, 9.17) is 40.5 Å². The standard InChI is InChI=1S/C10H8Cl3N3O4/c11-4-1-16-9(8(13)7(4)12)10(19)20-3-6(18)15-2-5(14)17/h1H,2-3H2,(H2,14,17)(H,15,18). The van der Waals surface area contributed by atoms with Crippen LogP contribution < -0.4 is 11.1 Å². The number of amides is 2. The van der Waals surface area contributed by atoms with E-state index in [9.17, 15) is 14.4 Å². The van der Waals surface area contributed by atoms with Crippen LogP contribution in [0.2, 0.25) is 15.1 Å². The van der Waals surface area contributed by atoms with Gasteiger partial charge < -0.3 is 15.8 Å². The third kappa shape index (κ3) is 4.52. The molecule has 0 saturated heterocycles. The molecular formula is C10H8Cl3N3O4. The number of nitrogens with one attached hydrogen (secondary N) is 1. The molecular weight excluding hydrogens is 332 g/mol. The highest BCUT2D eigenvalue weighted by Crippen LogP contribution is 2.31. The molecule has 108 valence electrons. The first-order chi connectivity index (χ1) is 9.32. The molecule has 10 heteroatoms. The summed E-state index contributed by atoms with van der Waals surface area (Å²) < 4.78 is 4.65. The third-order valence-corrected chi connectivity index (χ3v) is 3.15. The normalized spacial score (nSPS) is 9.95. The Morgan fingerprint density at radius 3 is 2.50 bits per heavy atom. The molecule has 0 aromatic carbocycles. The number of nitrogens with zero attached hydrogens (tertiary/aromatic N) is 1. The Morgan fingerprint density at radius 2 is 1.90 bits per heavy atom. The van der Waals surface area contributed by atoms with E-state index in [1.54, 1.807) is 0 Å². The van der Waals surface area contributed by atoms with Crippen LogP contribution in [0.25, 0.3) is 0 Å². The molecule has 0 aliphatic heterocycles. The minimum absolute atomic E-state index is 0.0477. The second-order valence-corrected chi connectivity index (χ2v) is 4.57. The number of rotatable bonds is 5. The Morgan fingerprint density at radius 1 is 1.25 bits per heavy atom. The van der Waals surface area contributed by atoms with Crippen LogP contribution in [0.4, 0.5) is 0 Å². The minimum Gasteiger partial charge on any atom is -0.451 e. The monoisotopic (exact) mass is 339 g/mol. The number of primary amides is 1. The van der Waals surface area contributed by atoms with E-state index in [0.717, 1.165) is 6.20 Å². The second-order valence-electron chi connectivity index (χ2n) is 3.40. The molecule has 0 saturated carbocycles. The molecule has 0 bridgehead atoms. The molecule has 7 nitrogen and oxygen atoms in total. The van der Waals surface area contributed by atoms with Gasteiger partial charge in [0.2, 0.25) is 5.91 Å². The number of halogens is 3. The fourth-order valence-corrected chi connectivity index (χ4v) is 1.58. The number of hydrogen-bond acceptors (Lipinski definition) is 5. The Bertz CT molecular complexity index is 565. The predicted molar refractivity (Wildman–Crippen MR) is 71.8 cm³/mol. The summed E-state index contributed by atoms with van der Waals surface area (Å²) >= 11 is 17.2. The van der Waals surface area contributed by atoms with Gasteiger partial charge in [-0.2, -0.15) is 0 Å². The summed E-state index contributed by atoms with van der Waals surface area (Å²) in [5, 5.41) is 1.98. The highest BCUT2D eigenvalue weighted by atomic mass is 35.5. The maximum absolute atomic E-state index is 11.6. The Labute approximate surface area is 128 Å². The van der Waals surface area contributed by atoms with Crippen LogP contribution in [0, 0.1) is 0 Å². The number of ether oxygens (including phenoxy) is 1. The number of aromatic nitrogens is 1. The van der Waals surface area contributed by atoms with E-state index in [1.807, 2.05) is 0 Å². The zero-order chi connectivity index (χ0) is 15.3. The summed E-state index contributed by atoms with van der Waals surface area (Å²) in [6, 6.07) is 0. The van der Waals surface area contributed by atoms with E-state index in [0.29, 0.717) is 0 Å². The first-order valence-electron chi connectivity index (χ1n) is 5.04. The number of carbonyl (C=O) groups is 3. The van der Waals surface area contributed by atoms with Gasteiger partial charge in [-0.25, -0.2) is 9.78 Å². The van der Waals surface area contributed by atoms with Crippen LogP contribution in [-0.4, -0.2) is 35.9 Å². The molecule has 0 atom stereocenters. The van der Waals surface area contributed by atoms with Gasteiger partial charge in [0, 0.05) is 6.20 Å². The fraction of sp³-hybridized carbons (Fsp3) is 0.200. The van der Waals surface area contributed by atoms with Gasteiger partial charge in [-0.1, -0.05) is 34.8 Å². The van der Waals surface area contributed by atoms with Crippen LogP contribution in [0.1, 0.15) is 10.5 Å². The van der Waals surface area contributed by atoms with Crippen molar-refractivity contribution in [1.29, 1.82) is 0 Å². The van der Waals surface area contributed by atoms with Gasteiger partial charge in [0.15, 0.2) is 12.3 Å². The van der Waals surface area contributed by atoms with Crippen molar-refractivity contribution in [2.45, 2.75) is 0 Å². The lowest BCUT2D eigenvalue weighted by atomic mass is 10.3. The van der Waals surface area contributed by atoms with Crippen molar-refractivity contribution < 1.29 is 19.1 Å². The SMILES string of the molecule is NC(=O)CNC(=O)COC(=O)c1ncc(Cl)c(Cl)c1Cl. The third-order valence-electron chi connectivity index (χ3n) is 1.90. The zero-order valence-electron chi connectivity index (χ0n) is 9.78. The van der Waals surface area contributed by atoms with Gasteiger partial charge in [-0.05, 0) is 0 Å². The summed E-state index contributed by atoms with van der Waals surface area (Å²) in [5.74, 6) is -2.38. The van der Waals surface area contributed by atoms with Crippen molar-refractivity contribution in [2.75, 3.05) is 13.2 Å². The molecule has 0 unspecified atom stereocenters. The quantitative estimate of drug-likeness (QED) is 0.770. The average Bonchev–Trinajstić information content (AvgIpc) is 2.40. The minimum atomic E-state index is -0.956. The van der Waals surface area contributed by atoms with Gasteiger partial charge in [0.25, 0.3) is 5.91 Å². The molecule has 0 aliphatic rings. The summed E-state index contributed by atoms with van der Waals surface area (Å²) in [6.07, 6.45) is 1.12. The number of carbonyl (C=O) groups excluding carboxylic acids is 3. The van der Waals surface area contributed by atoms with Crippen molar-refractivity contribution in [1.82, 2.24) is 10.3 Å². The summed E-state index contributed by atoms with van der Waals surface area (Å²) in [6.45, 7) is -0.980. The summed E-state index contributed by atoms with van der Waals surface area (Å²) in [5.41, 5.74) is 4.55. The lowest BCUT2D eigenvalue weighted by Crippen LogP contribution is -2.36. The molecule has 1 heterocycles. The Balaban J connectivity index is 2.62. The van der Waals surface area contributed by atoms with Crippen LogP contribution in [0.3, 0.4) is 0 Å². The highest BCUT2D eigenvalue weighted by Gasteiger charge is 2.19. The van der Waals surface area contributed by atoms with Crippen molar-refractivity contribution in [2.24, 2.45) is 5.73 Å². The topological polar surface area (TPSA) is 111 Å². The average molecular weight is 341 g/mol. The smallest absolute Gasteiger partial charge is 0.359 e. The largest absolute Gasteiger partial charge is 0.451 e. The first kappa shape index (κ1) is 16.5. The van der Waals surface area contributed by atoms with Gasteiger partial charge in [-0.15, -0.1) is 0 Å². The van der Waals surface area contributed by atoms with Crippen molar-refractivity contribution in [3.05, 3.63) is 27.0 Å². The molecule has 3 N–H and O–H groups in total. The van der Waals surface area contributed by atoms with Gasteiger partial charge in [0.05, 0.1) is 21.6 Å². The molecule has 20 heavy (non-hydrogen) atoms. The number of hydrogen-bond donors (Lipinski definition) is 2. The lowest BCUT2D eigenvalue weighted by molar-refractivity contribution is -0.127. The van der Waals surface area contributed by atoms with Crippen molar-refractivity contribution in [3.63, 3.8) is 0 Å². The number of pyridine rings is 1. The molecule has 0 fully saturated rings. The van der Waals surface area contributed by atoms with E-state index < -0.39 is 24.4 Å². The molecule has 1 rings (SSSR count).